The monoisotopic (exact) mass is 422 g/mol. The fourth-order valence-corrected chi connectivity index (χ4v) is 4.13. The standard InChI is InChI=1S/C23H30N6O2/c1-4-5-6-7-8-12-15-29-22-24-20-19(21(30)27(3)23(31)26(20)2)28(22)16-18(25-29)17-13-10-9-11-14-17/h9-11,13-14H,4-8,12,15-16H2,1-3H3. The normalized spacial score (nSPS) is 13.5. The molecule has 0 N–H and O–H groups in total. The Balaban J connectivity index is 1.74. The summed E-state index contributed by atoms with van der Waals surface area (Å²) in [4.78, 5) is 30.1. The number of aryl methyl sites for hydroxylation is 1. The van der Waals surface area contributed by atoms with E-state index in [1.54, 1.807) is 7.05 Å². The number of nitrogens with zero attached hydrogens (tertiary/aromatic N) is 6. The minimum atomic E-state index is -0.375. The molecule has 3 heterocycles. The summed E-state index contributed by atoms with van der Waals surface area (Å²) < 4.78 is 4.49. The van der Waals surface area contributed by atoms with Gasteiger partial charge in [-0.1, -0.05) is 69.4 Å². The molecule has 8 nitrogen and oxygen atoms in total. The van der Waals surface area contributed by atoms with Gasteiger partial charge < -0.3 is 0 Å². The average molecular weight is 423 g/mol. The van der Waals surface area contributed by atoms with Crippen molar-refractivity contribution in [1.29, 1.82) is 0 Å². The van der Waals surface area contributed by atoms with Crippen LogP contribution in [0.4, 0.5) is 5.95 Å². The Labute approximate surface area is 181 Å². The molecule has 0 saturated heterocycles. The van der Waals surface area contributed by atoms with Crippen molar-refractivity contribution in [2.75, 3.05) is 11.6 Å². The Bertz CT molecular complexity index is 1220. The Kier molecular flexibility index (Phi) is 6.06. The first-order chi connectivity index (χ1) is 15.0. The number of imidazole rings is 1. The van der Waals surface area contributed by atoms with E-state index in [0.717, 1.165) is 35.2 Å². The van der Waals surface area contributed by atoms with E-state index in [2.05, 4.69) is 11.9 Å². The molecule has 0 unspecified atom stereocenters. The first-order valence-electron chi connectivity index (χ1n) is 11.1. The number of hydrogen-bond donors (Lipinski definition) is 0. The lowest BCUT2D eigenvalue weighted by atomic mass is 10.1. The molecular formula is C23H30N6O2. The second-order valence-electron chi connectivity index (χ2n) is 8.18. The van der Waals surface area contributed by atoms with Crippen LogP contribution in [-0.2, 0) is 20.6 Å². The van der Waals surface area contributed by atoms with Crippen LogP contribution in [0.2, 0.25) is 0 Å². The summed E-state index contributed by atoms with van der Waals surface area (Å²) in [7, 11) is 3.16. The molecule has 0 radical (unpaired) electrons. The second kappa shape index (κ2) is 8.91. The van der Waals surface area contributed by atoms with Crippen molar-refractivity contribution in [3.05, 3.63) is 56.7 Å². The molecule has 2 aromatic heterocycles. The van der Waals surface area contributed by atoms with Crippen LogP contribution in [0, 0.1) is 0 Å². The molecule has 1 aliphatic rings. The Morgan fingerprint density at radius 1 is 0.935 bits per heavy atom. The number of benzene rings is 1. The van der Waals surface area contributed by atoms with Gasteiger partial charge in [-0.3, -0.25) is 18.5 Å². The maximum Gasteiger partial charge on any atom is 0.332 e. The van der Waals surface area contributed by atoms with Crippen molar-refractivity contribution in [3.63, 3.8) is 0 Å². The Hall–Kier alpha value is -3.16. The molecular weight excluding hydrogens is 392 g/mol. The molecule has 0 amide bonds. The summed E-state index contributed by atoms with van der Waals surface area (Å²) in [6, 6.07) is 10.0. The molecule has 3 aromatic rings. The number of fused-ring (bicyclic) bond motifs is 3. The SMILES string of the molecule is CCCCCCCCN1N=C(c2ccccc2)Cn2c1nc1c2c(=O)n(C)c(=O)n1C. The van der Waals surface area contributed by atoms with Crippen LogP contribution in [0.25, 0.3) is 11.2 Å². The summed E-state index contributed by atoms with van der Waals surface area (Å²) in [6.45, 7) is 3.38. The van der Waals surface area contributed by atoms with Crippen LogP contribution in [0.5, 0.6) is 0 Å². The zero-order valence-electron chi connectivity index (χ0n) is 18.5. The van der Waals surface area contributed by atoms with Crippen LogP contribution in [0.1, 0.15) is 51.0 Å². The predicted molar refractivity (Wildman–Crippen MR) is 124 cm³/mol. The van der Waals surface area contributed by atoms with Gasteiger partial charge in [0.15, 0.2) is 11.2 Å². The van der Waals surface area contributed by atoms with Gasteiger partial charge in [-0.15, -0.1) is 0 Å². The molecule has 1 aliphatic heterocycles. The van der Waals surface area contributed by atoms with Gasteiger partial charge in [-0.25, -0.2) is 9.80 Å². The van der Waals surface area contributed by atoms with E-state index in [1.807, 2.05) is 39.9 Å². The van der Waals surface area contributed by atoms with Gasteiger partial charge in [0.2, 0.25) is 5.95 Å². The van der Waals surface area contributed by atoms with Crippen molar-refractivity contribution in [3.8, 4) is 0 Å². The molecule has 0 spiro atoms. The third-order valence-corrected chi connectivity index (χ3v) is 5.94. The van der Waals surface area contributed by atoms with Crippen LogP contribution in [0.3, 0.4) is 0 Å². The highest BCUT2D eigenvalue weighted by Gasteiger charge is 2.27. The molecule has 164 valence electrons. The minimum Gasteiger partial charge on any atom is -0.297 e. The van der Waals surface area contributed by atoms with Gasteiger partial charge >= 0.3 is 5.69 Å². The lowest BCUT2D eigenvalue weighted by Crippen LogP contribution is -2.38. The number of anilines is 1. The van der Waals surface area contributed by atoms with E-state index in [1.165, 1.54) is 37.3 Å². The summed E-state index contributed by atoms with van der Waals surface area (Å²) >= 11 is 0. The largest absolute Gasteiger partial charge is 0.332 e. The first-order valence-corrected chi connectivity index (χ1v) is 11.1. The third-order valence-electron chi connectivity index (χ3n) is 5.94. The molecule has 0 atom stereocenters. The molecule has 31 heavy (non-hydrogen) atoms. The van der Waals surface area contributed by atoms with Crippen molar-refractivity contribution in [2.45, 2.75) is 52.0 Å². The van der Waals surface area contributed by atoms with E-state index >= 15 is 0 Å². The Morgan fingerprint density at radius 3 is 2.39 bits per heavy atom. The van der Waals surface area contributed by atoms with Crippen LogP contribution >= 0.6 is 0 Å². The van der Waals surface area contributed by atoms with E-state index in [0.29, 0.717) is 23.7 Å². The maximum atomic E-state index is 13.0. The quantitative estimate of drug-likeness (QED) is 0.523. The molecule has 4 rings (SSSR count). The molecule has 0 fully saturated rings. The third kappa shape index (κ3) is 3.94. The van der Waals surface area contributed by atoms with E-state index in [4.69, 9.17) is 5.10 Å². The molecule has 0 bridgehead atoms. The van der Waals surface area contributed by atoms with Gasteiger partial charge in [-0.05, 0) is 12.0 Å². The molecule has 1 aromatic carbocycles. The lowest BCUT2D eigenvalue weighted by Gasteiger charge is -2.26. The van der Waals surface area contributed by atoms with Gasteiger partial charge in [-0.2, -0.15) is 10.1 Å². The summed E-state index contributed by atoms with van der Waals surface area (Å²) in [5, 5.41) is 6.80. The fraction of sp³-hybridized carbons (Fsp3) is 0.478. The van der Waals surface area contributed by atoms with Gasteiger partial charge in [0.25, 0.3) is 5.56 Å². The van der Waals surface area contributed by atoms with Crippen molar-refractivity contribution >= 4 is 22.8 Å². The van der Waals surface area contributed by atoms with Crippen LogP contribution < -0.4 is 16.3 Å². The summed E-state index contributed by atoms with van der Waals surface area (Å²) in [5.41, 5.74) is 2.04. The molecule has 8 heteroatoms. The van der Waals surface area contributed by atoms with Crippen molar-refractivity contribution in [2.24, 2.45) is 19.2 Å². The van der Waals surface area contributed by atoms with Crippen LogP contribution in [0.15, 0.2) is 45.0 Å². The lowest BCUT2D eigenvalue weighted by molar-refractivity contribution is 0.592. The zero-order chi connectivity index (χ0) is 22.0. The smallest absolute Gasteiger partial charge is 0.297 e. The fourth-order valence-electron chi connectivity index (χ4n) is 4.13. The number of hydrazone groups is 1. The number of unbranched alkanes of at least 4 members (excludes halogenated alkanes) is 5. The zero-order valence-corrected chi connectivity index (χ0v) is 18.5. The molecule has 0 saturated carbocycles. The highest BCUT2D eigenvalue weighted by molar-refractivity contribution is 6.02. The summed E-state index contributed by atoms with van der Waals surface area (Å²) in [6.07, 6.45) is 7.10. The van der Waals surface area contributed by atoms with E-state index < -0.39 is 0 Å². The topological polar surface area (TPSA) is 77.4 Å². The number of hydrogen-bond acceptors (Lipinski definition) is 5. The van der Waals surface area contributed by atoms with Crippen molar-refractivity contribution in [1.82, 2.24) is 18.7 Å². The highest BCUT2D eigenvalue weighted by Crippen LogP contribution is 2.25. The summed E-state index contributed by atoms with van der Waals surface area (Å²) in [5.74, 6) is 0.626. The number of rotatable bonds is 8. The second-order valence-corrected chi connectivity index (χ2v) is 8.18. The molecule has 0 aliphatic carbocycles. The predicted octanol–water partition coefficient (Wildman–Crippen LogP) is 3.02. The number of aromatic nitrogens is 4. The van der Waals surface area contributed by atoms with E-state index in [-0.39, 0.29) is 11.2 Å². The van der Waals surface area contributed by atoms with Gasteiger partial charge in [0.05, 0.1) is 12.3 Å². The van der Waals surface area contributed by atoms with Crippen molar-refractivity contribution < 1.29 is 0 Å². The Morgan fingerprint density at radius 2 is 1.65 bits per heavy atom. The minimum absolute atomic E-state index is 0.328. The van der Waals surface area contributed by atoms with E-state index in [9.17, 15) is 9.59 Å². The maximum absolute atomic E-state index is 13.0. The van der Waals surface area contributed by atoms with Gasteiger partial charge in [0.1, 0.15) is 0 Å². The first kappa shape index (κ1) is 21.1. The van der Waals surface area contributed by atoms with Crippen LogP contribution in [-0.4, -0.2) is 30.9 Å². The van der Waals surface area contributed by atoms with Gasteiger partial charge in [0, 0.05) is 20.6 Å². The highest BCUT2D eigenvalue weighted by atomic mass is 16.2. The average Bonchev–Trinajstić information content (AvgIpc) is 3.19.